The lowest BCUT2D eigenvalue weighted by atomic mass is 10.1. The molecule has 0 saturated carbocycles. The molecule has 0 atom stereocenters. The van der Waals surface area contributed by atoms with E-state index < -0.39 is 10.0 Å². The Labute approximate surface area is 185 Å². The molecule has 1 heterocycles. The van der Waals surface area contributed by atoms with Crippen molar-refractivity contribution in [2.24, 2.45) is 0 Å². The van der Waals surface area contributed by atoms with Gasteiger partial charge in [0.2, 0.25) is 9.47 Å². The number of carbonyl (C=O) groups excluding carboxylic acids is 1. The molecule has 2 N–H and O–H groups in total. The normalized spacial score (nSPS) is 11.3. The Morgan fingerprint density at radius 3 is 2.61 bits per heavy atom. The maximum atomic E-state index is 12.4. The van der Waals surface area contributed by atoms with Gasteiger partial charge < -0.3 is 4.74 Å². The van der Waals surface area contributed by atoms with Crippen molar-refractivity contribution >= 4 is 32.4 Å². The number of aromatic nitrogens is 2. The number of ether oxygens (including phenoxy) is 1. The van der Waals surface area contributed by atoms with E-state index in [2.05, 4.69) is 27.2 Å². The lowest BCUT2D eigenvalue weighted by Crippen LogP contribution is -2.28. The third-order valence-corrected chi connectivity index (χ3v) is 6.93. The molecule has 0 unspecified atom stereocenters. The monoisotopic (exact) mass is 460 g/mol. The van der Waals surface area contributed by atoms with Gasteiger partial charge >= 0.3 is 0 Å². The van der Waals surface area contributed by atoms with E-state index >= 15 is 0 Å². The van der Waals surface area contributed by atoms with E-state index in [4.69, 9.17) is 4.74 Å². The van der Waals surface area contributed by atoms with Crippen molar-refractivity contribution < 1.29 is 17.9 Å². The molecule has 10 heteroatoms. The number of rotatable bonds is 10. The Hall–Kier alpha value is -2.82. The molecule has 8 nitrogen and oxygen atoms in total. The standard InChI is InChI=1S/C21H24N4O4S2/c1-3-5-16-8-10-18(11-9-16)29-13-12-22-31(27,28)21-25-24-20(30-21)23-19(26)17-7-4-6-15(2)14-17/h4,6-11,14,22H,3,5,12-13H2,1-2H3,(H,23,24,26). The van der Waals surface area contributed by atoms with Crippen LogP contribution in [0, 0.1) is 6.92 Å². The molecule has 0 bridgehead atoms. The van der Waals surface area contributed by atoms with Gasteiger partial charge in [0.1, 0.15) is 12.4 Å². The fourth-order valence-electron chi connectivity index (χ4n) is 2.77. The quantitative estimate of drug-likeness (QED) is 0.354. The Morgan fingerprint density at radius 1 is 1.13 bits per heavy atom. The number of sulfonamides is 1. The molecule has 0 saturated heterocycles. The van der Waals surface area contributed by atoms with Crippen LogP contribution in [0.3, 0.4) is 0 Å². The van der Waals surface area contributed by atoms with Crippen LogP contribution >= 0.6 is 11.3 Å². The molecule has 164 valence electrons. The first-order chi connectivity index (χ1) is 14.9. The molecule has 0 fully saturated rings. The number of hydrogen-bond acceptors (Lipinski definition) is 7. The van der Waals surface area contributed by atoms with Crippen LogP contribution in [0.4, 0.5) is 5.13 Å². The van der Waals surface area contributed by atoms with Gasteiger partial charge in [-0.05, 0) is 43.2 Å². The van der Waals surface area contributed by atoms with Crippen molar-refractivity contribution in [2.45, 2.75) is 31.0 Å². The highest BCUT2D eigenvalue weighted by Gasteiger charge is 2.21. The molecule has 0 aliphatic heterocycles. The highest BCUT2D eigenvalue weighted by molar-refractivity contribution is 7.91. The molecule has 1 aromatic heterocycles. The minimum atomic E-state index is -3.85. The van der Waals surface area contributed by atoms with Crippen LogP contribution in [0.1, 0.15) is 34.8 Å². The summed E-state index contributed by atoms with van der Waals surface area (Å²) in [7, 11) is -3.85. The van der Waals surface area contributed by atoms with Gasteiger partial charge in [0.25, 0.3) is 15.9 Å². The number of hydrogen-bond donors (Lipinski definition) is 2. The smallest absolute Gasteiger partial charge is 0.269 e. The number of nitrogens with one attached hydrogen (secondary N) is 2. The van der Waals surface area contributed by atoms with Crippen LogP contribution in [0.2, 0.25) is 0 Å². The molecule has 2 aromatic carbocycles. The molecule has 0 aliphatic rings. The molecule has 0 aliphatic carbocycles. The Kier molecular flexibility index (Phi) is 7.72. The summed E-state index contributed by atoms with van der Waals surface area (Å²) >= 11 is 0.782. The van der Waals surface area contributed by atoms with Gasteiger partial charge in [0.05, 0.1) is 0 Å². The minimum absolute atomic E-state index is 0.0730. The van der Waals surface area contributed by atoms with Crippen molar-refractivity contribution in [1.82, 2.24) is 14.9 Å². The molecule has 3 rings (SSSR count). The van der Waals surface area contributed by atoms with Crippen LogP contribution in [0.15, 0.2) is 52.9 Å². The molecule has 0 radical (unpaired) electrons. The fraction of sp³-hybridized carbons (Fsp3) is 0.286. The van der Waals surface area contributed by atoms with Crippen LogP contribution in [-0.2, 0) is 16.4 Å². The summed E-state index contributed by atoms with van der Waals surface area (Å²) in [6.45, 7) is 4.24. The molecular formula is C21H24N4O4S2. The zero-order chi connectivity index (χ0) is 22.3. The first kappa shape index (κ1) is 22.9. The van der Waals surface area contributed by atoms with Gasteiger partial charge in [-0.3, -0.25) is 10.1 Å². The van der Waals surface area contributed by atoms with E-state index in [1.165, 1.54) is 5.56 Å². The summed E-state index contributed by atoms with van der Waals surface area (Å²) in [5, 5.41) is 10.1. The average molecular weight is 461 g/mol. The van der Waals surface area contributed by atoms with Crippen molar-refractivity contribution in [2.75, 3.05) is 18.5 Å². The summed E-state index contributed by atoms with van der Waals surface area (Å²) in [5.74, 6) is 0.297. The Bertz CT molecular complexity index is 1130. The fourth-order valence-corrected chi connectivity index (χ4v) is 4.72. The number of amides is 1. The second kappa shape index (κ2) is 10.5. The lowest BCUT2D eigenvalue weighted by Gasteiger charge is -2.07. The second-order valence-corrected chi connectivity index (χ2v) is 9.76. The summed E-state index contributed by atoms with van der Waals surface area (Å²) in [4.78, 5) is 12.3. The first-order valence-corrected chi connectivity index (χ1v) is 12.1. The van der Waals surface area contributed by atoms with Crippen molar-refractivity contribution in [3.05, 3.63) is 65.2 Å². The lowest BCUT2D eigenvalue weighted by molar-refractivity contribution is 0.102. The van der Waals surface area contributed by atoms with Gasteiger partial charge in [-0.15, -0.1) is 10.2 Å². The van der Waals surface area contributed by atoms with Crippen LogP contribution in [-0.4, -0.2) is 37.7 Å². The molecule has 31 heavy (non-hydrogen) atoms. The zero-order valence-corrected chi connectivity index (χ0v) is 18.9. The van der Waals surface area contributed by atoms with Crippen LogP contribution in [0.25, 0.3) is 0 Å². The summed E-state index contributed by atoms with van der Waals surface area (Å²) in [5.41, 5.74) is 2.63. The van der Waals surface area contributed by atoms with Crippen molar-refractivity contribution in [3.8, 4) is 5.75 Å². The van der Waals surface area contributed by atoms with Gasteiger partial charge in [-0.25, -0.2) is 13.1 Å². The van der Waals surface area contributed by atoms with Gasteiger partial charge in [-0.1, -0.05) is 54.5 Å². The third-order valence-electron chi connectivity index (χ3n) is 4.26. The Balaban J connectivity index is 1.50. The van der Waals surface area contributed by atoms with Crippen LogP contribution in [0.5, 0.6) is 5.75 Å². The molecule has 1 amide bonds. The third kappa shape index (κ3) is 6.58. The average Bonchev–Trinajstić information content (AvgIpc) is 3.22. The number of aryl methyl sites for hydroxylation is 2. The summed E-state index contributed by atoms with van der Waals surface area (Å²) < 4.78 is 32.6. The van der Waals surface area contributed by atoms with Crippen molar-refractivity contribution in [3.63, 3.8) is 0 Å². The molecule has 3 aromatic rings. The van der Waals surface area contributed by atoms with E-state index in [0.29, 0.717) is 11.3 Å². The Morgan fingerprint density at radius 2 is 1.90 bits per heavy atom. The number of nitrogens with zero attached hydrogens (tertiary/aromatic N) is 2. The zero-order valence-electron chi connectivity index (χ0n) is 17.3. The van der Waals surface area contributed by atoms with Crippen molar-refractivity contribution in [1.29, 1.82) is 0 Å². The van der Waals surface area contributed by atoms with E-state index in [0.717, 1.165) is 29.7 Å². The summed E-state index contributed by atoms with van der Waals surface area (Å²) in [6, 6.07) is 14.8. The predicted octanol–water partition coefficient (Wildman–Crippen LogP) is 3.41. The SMILES string of the molecule is CCCc1ccc(OCCNS(=O)(=O)c2nnc(NC(=O)c3cccc(C)c3)s2)cc1. The van der Waals surface area contributed by atoms with E-state index in [1.54, 1.807) is 18.2 Å². The topological polar surface area (TPSA) is 110 Å². The van der Waals surface area contributed by atoms with Gasteiger partial charge in [0.15, 0.2) is 0 Å². The highest BCUT2D eigenvalue weighted by Crippen LogP contribution is 2.20. The predicted molar refractivity (Wildman–Crippen MR) is 120 cm³/mol. The number of carbonyl (C=O) groups is 1. The molecular weight excluding hydrogens is 436 g/mol. The number of benzene rings is 2. The van der Waals surface area contributed by atoms with E-state index in [9.17, 15) is 13.2 Å². The summed E-state index contributed by atoms with van der Waals surface area (Å²) in [6.07, 6.45) is 2.08. The first-order valence-electron chi connectivity index (χ1n) is 9.80. The van der Waals surface area contributed by atoms with E-state index in [-0.39, 0.29) is 28.5 Å². The van der Waals surface area contributed by atoms with E-state index in [1.807, 2.05) is 37.3 Å². The highest BCUT2D eigenvalue weighted by atomic mass is 32.2. The number of anilines is 1. The largest absolute Gasteiger partial charge is 0.492 e. The maximum absolute atomic E-state index is 12.4. The minimum Gasteiger partial charge on any atom is -0.492 e. The van der Waals surface area contributed by atoms with Crippen LogP contribution < -0.4 is 14.8 Å². The molecule has 0 spiro atoms. The van der Waals surface area contributed by atoms with Gasteiger partial charge in [-0.2, -0.15) is 0 Å². The maximum Gasteiger partial charge on any atom is 0.269 e. The second-order valence-electron chi connectivity index (χ2n) is 6.84. The van der Waals surface area contributed by atoms with Gasteiger partial charge in [0, 0.05) is 12.1 Å².